The van der Waals surface area contributed by atoms with Gasteiger partial charge in [0, 0.05) is 11.3 Å². The molecule has 1 aromatic heterocycles. The van der Waals surface area contributed by atoms with Crippen molar-refractivity contribution in [1.82, 2.24) is 14.8 Å². The van der Waals surface area contributed by atoms with Crippen molar-refractivity contribution in [1.29, 1.82) is 5.26 Å². The van der Waals surface area contributed by atoms with Gasteiger partial charge >= 0.3 is 0 Å². The first-order valence-corrected chi connectivity index (χ1v) is 7.90. The molecule has 1 unspecified atom stereocenters. The molecule has 0 amide bonds. The summed E-state index contributed by atoms with van der Waals surface area (Å²) in [4.78, 5) is 0. The zero-order valence-corrected chi connectivity index (χ0v) is 13.2. The third-order valence-corrected chi connectivity index (χ3v) is 4.15. The summed E-state index contributed by atoms with van der Waals surface area (Å²) < 4.78 is 15.0. The van der Waals surface area contributed by atoms with E-state index < -0.39 is 0 Å². The van der Waals surface area contributed by atoms with E-state index >= 15 is 0 Å². The molecule has 0 bridgehead atoms. The van der Waals surface area contributed by atoms with Crippen molar-refractivity contribution in [2.45, 2.75) is 17.3 Å². The van der Waals surface area contributed by atoms with Crippen molar-refractivity contribution in [3.63, 3.8) is 0 Å². The molecule has 3 rings (SSSR count). The molecule has 1 heterocycles. The number of para-hydroxylation sites is 1. The van der Waals surface area contributed by atoms with Gasteiger partial charge in [-0.05, 0) is 43.3 Å². The zero-order chi connectivity index (χ0) is 16.2. The van der Waals surface area contributed by atoms with E-state index in [9.17, 15) is 4.39 Å². The second kappa shape index (κ2) is 6.63. The Balaban J connectivity index is 2.13. The number of thioether (sulfide) groups is 1. The van der Waals surface area contributed by atoms with Crippen LogP contribution in [0, 0.1) is 17.1 Å². The monoisotopic (exact) mass is 324 g/mol. The highest BCUT2D eigenvalue weighted by atomic mass is 32.2. The van der Waals surface area contributed by atoms with Crippen LogP contribution in [0.5, 0.6) is 0 Å². The number of hydrogen-bond acceptors (Lipinski definition) is 4. The fourth-order valence-electron chi connectivity index (χ4n) is 2.13. The molecule has 3 aromatic rings. The molecule has 0 saturated heterocycles. The van der Waals surface area contributed by atoms with Gasteiger partial charge in [-0.2, -0.15) is 5.26 Å². The molecule has 0 radical (unpaired) electrons. The number of rotatable bonds is 4. The Hall–Kier alpha value is -2.65. The molecule has 0 aliphatic carbocycles. The van der Waals surface area contributed by atoms with Gasteiger partial charge < -0.3 is 0 Å². The van der Waals surface area contributed by atoms with Crippen molar-refractivity contribution >= 4 is 11.8 Å². The topological polar surface area (TPSA) is 54.5 Å². The van der Waals surface area contributed by atoms with Crippen LogP contribution in [0.15, 0.2) is 59.8 Å². The fourth-order valence-corrected chi connectivity index (χ4v) is 2.88. The van der Waals surface area contributed by atoms with E-state index in [4.69, 9.17) is 5.26 Å². The first-order chi connectivity index (χ1) is 11.2. The van der Waals surface area contributed by atoms with Gasteiger partial charge in [-0.25, -0.2) is 4.39 Å². The minimum Gasteiger partial charge on any atom is -0.270 e. The summed E-state index contributed by atoms with van der Waals surface area (Å²) in [6, 6.07) is 18.0. The Morgan fingerprint density at radius 1 is 1.09 bits per heavy atom. The molecule has 1 atom stereocenters. The van der Waals surface area contributed by atoms with Crippen molar-refractivity contribution < 1.29 is 4.39 Å². The third kappa shape index (κ3) is 3.25. The molecule has 0 spiro atoms. The van der Waals surface area contributed by atoms with Crippen molar-refractivity contribution in [3.8, 4) is 23.1 Å². The molecule has 114 valence electrons. The van der Waals surface area contributed by atoms with Gasteiger partial charge in [-0.1, -0.05) is 30.0 Å². The Bertz CT molecular complexity index is 837. The summed E-state index contributed by atoms with van der Waals surface area (Å²) in [5.41, 5.74) is 1.66. The molecule has 23 heavy (non-hydrogen) atoms. The highest BCUT2D eigenvalue weighted by Gasteiger charge is 2.18. The van der Waals surface area contributed by atoms with Crippen molar-refractivity contribution in [3.05, 3.63) is 60.4 Å². The molecule has 0 aliphatic rings. The molecule has 0 saturated carbocycles. The average molecular weight is 324 g/mol. The molecule has 2 aromatic carbocycles. The number of aromatic nitrogens is 3. The smallest absolute Gasteiger partial charge is 0.197 e. The van der Waals surface area contributed by atoms with Crippen LogP contribution < -0.4 is 0 Å². The Kier molecular flexibility index (Phi) is 4.40. The maximum absolute atomic E-state index is 13.2. The number of benzene rings is 2. The lowest BCUT2D eigenvalue weighted by Crippen LogP contribution is -2.01. The standard InChI is InChI=1S/C17H13FN4S/c1-12(11-19)23-17-21-20-16(13-7-9-14(18)10-8-13)22(17)15-5-3-2-4-6-15/h2-10,12H,1H3. The van der Waals surface area contributed by atoms with Crippen LogP contribution in [0.25, 0.3) is 17.1 Å². The number of nitriles is 1. The second-order valence-corrected chi connectivity index (χ2v) is 6.18. The third-order valence-electron chi connectivity index (χ3n) is 3.21. The van der Waals surface area contributed by atoms with Gasteiger partial charge in [0.15, 0.2) is 11.0 Å². The number of nitrogens with zero attached hydrogens (tertiary/aromatic N) is 4. The molecule has 4 nitrogen and oxygen atoms in total. The second-order valence-electron chi connectivity index (χ2n) is 4.87. The van der Waals surface area contributed by atoms with Crippen LogP contribution in [-0.4, -0.2) is 20.0 Å². The van der Waals surface area contributed by atoms with E-state index in [1.807, 2.05) is 41.8 Å². The highest BCUT2D eigenvalue weighted by Crippen LogP contribution is 2.29. The van der Waals surface area contributed by atoms with Crippen LogP contribution in [0.3, 0.4) is 0 Å². The molecular formula is C17H13FN4S. The largest absolute Gasteiger partial charge is 0.270 e. The fraction of sp³-hybridized carbons (Fsp3) is 0.118. The summed E-state index contributed by atoms with van der Waals surface area (Å²) in [6.07, 6.45) is 0. The summed E-state index contributed by atoms with van der Waals surface area (Å²) in [5.74, 6) is 0.316. The summed E-state index contributed by atoms with van der Waals surface area (Å²) >= 11 is 1.34. The van der Waals surface area contributed by atoms with Gasteiger partial charge in [0.1, 0.15) is 5.82 Å². The molecule has 6 heteroatoms. The normalized spacial score (nSPS) is 11.9. The van der Waals surface area contributed by atoms with Gasteiger partial charge in [-0.15, -0.1) is 10.2 Å². The predicted octanol–water partition coefficient (Wildman–Crippen LogP) is 4.08. The quantitative estimate of drug-likeness (QED) is 0.679. The van der Waals surface area contributed by atoms with E-state index in [1.54, 1.807) is 12.1 Å². The summed E-state index contributed by atoms with van der Waals surface area (Å²) in [7, 11) is 0. The van der Waals surface area contributed by atoms with Crippen molar-refractivity contribution in [2.75, 3.05) is 0 Å². The molecule has 0 fully saturated rings. The van der Waals surface area contributed by atoms with E-state index in [1.165, 1.54) is 23.9 Å². The van der Waals surface area contributed by atoms with E-state index in [0.717, 1.165) is 11.3 Å². The lowest BCUT2D eigenvalue weighted by molar-refractivity contribution is 0.628. The van der Waals surface area contributed by atoms with Gasteiger partial charge in [0.2, 0.25) is 0 Å². The van der Waals surface area contributed by atoms with Gasteiger partial charge in [-0.3, -0.25) is 4.57 Å². The SMILES string of the molecule is CC(C#N)Sc1nnc(-c2ccc(F)cc2)n1-c1ccccc1. The molecule has 0 N–H and O–H groups in total. The zero-order valence-electron chi connectivity index (χ0n) is 12.3. The van der Waals surface area contributed by atoms with Gasteiger partial charge in [0.05, 0.1) is 11.3 Å². The van der Waals surface area contributed by atoms with Crippen LogP contribution in [-0.2, 0) is 0 Å². The highest BCUT2D eigenvalue weighted by molar-refractivity contribution is 8.00. The Labute approximate surface area is 137 Å². The van der Waals surface area contributed by atoms with E-state index in [2.05, 4.69) is 16.3 Å². The van der Waals surface area contributed by atoms with Crippen molar-refractivity contribution in [2.24, 2.45) is 0 Å². The Morgan fingerprint density at radius 3 is 2.43 bits per heavy atom. The minimum absolute atomic E-state index is 0.247. The summed E-state index contributed by atoms with van der Waals surface area (Å²) in [6.45, 7) is 1.81. The maximum Gasteiger partial charge on any atom is 0.197 e. The van der Waals surface area contributed by atoms with Crippen LogP contribution in [0.1, 0.15) is 6.92 Å². The average Bonchev–Trinajstić information content (AvgIpc) is 2.99. The van der Waals surface area contributed by atoms with Gasteiger partial charge in [0.25, 0.3) is 0 Å². The van der Waals surface area contributed by atoms with E-state index in [0.29, 0.717) is 11.0 Å². The molecular weight excluding hydrogens is 311 g/mol. The van der Waals surface area contributed by atoms with Crippen LogP contribution in [0.2, 0.25) is 0 Å². The predicted molar refractivity (Wildman–Crippen MR) is 87.7 cm³/mol. The summed E-state index contributed by atoms with van der Waals surface area (Å²) in [5, 5.41) is 17.9. The first kappa shape index (κ1) is 15.3. The Morgan fingerprint density at radius 2 is 1.78 bits per heavy atom. The number of hydrogen-bond donors (Lipinski definition) is 0. The lowest BCUT2D eigenvalue weighted by Gasteiger charge is -2.10. The van der Waals surface area contributed by atoms with E-state index in [-0.39, 0.29) is 11.1 Å². The van der Waals surface area contributed by atoms with Crippen LogP contribution in [0.4, 0.5) is 4.39 Å². The maximum atomic E-state index is 13.2. The minimum atomic E-state index is -0.299. The van der Waals surface area contributed by atoms with Crippen LogP contribution >= 0.6 is 11.8 Å². The lowest BCUT2D eigenvalue weighted by atomic mass is 10.2. The number of halogens is 1. The first-order valence-electron chi connectivity index (χ1n) is 7.02. The molecule has 0 aliphatic heterocycles.